The fraction of sp³-hybridized carbons (Fsp3) is 0.524. The summed E-state index contributed by atoms with van der Waals surface area (Å²) >= 11 is 0. The molecule has 3 rings (SSSR count). The van der Waals surface area contributed by atoms with Gasteiger partial charge in [-0.05, 0) is 44.7 Å². The van der Waals surface area contributed by atoms with Gasteiger partial charge >= 0.3 is 0 Å². The monoisotopic (exact) mass is 391 g/mol. The Balaban J connectivity index is 1.83. The highest BCUT2D eigenvalue weighted by atomic mass is 19.1. The number of ether oxygens (including phenoxy) is 1. The first-order valence-corrected chi connectivity index (χ1v) is 9.58. The standard InChI is InChI=1S/C21H27F2N3O2/c1-13(11-17-14(2)25-26(4)15(17)3)20(27)24-21(7-9-28-10-8-21)18-6-5-16(22)12-19(18)23/h5-6,12-13H,7-11H2,1-4H3,(H,24,27). The lowest BCUT2D eigenvalue weighted by Crippen LogP contribution is -2.51. The average molecular weight is 391 g/mol. The first-order valence-electron chi connectivity index (χ1n) is 9.58. The summed E-state index contributed by atoms with van der Waals surface area (Å²) in [7, 11) is 1.88. The SMILES string of the molecule is Cc1nn(C)c(C)c1CC(C)C(=O)NC1(c2ccc(F)cc2F)CCOCC1. The number of aromatic nitrogens is 2. The molecule has 0 radical (unpaired) electrons. The van der Waals surface area contributed by atoms with E-state index in [1.807, 2.05) is 32.5 Å². The lowest BCUT2D eigenvalue weighted by atomic mass is 9.81. The molecular weight excluding hydrogens is 364 g/mol. The fourth-order valence-corrected chi connectivity index (χ4v) is 3.93. The van der Waals surface area contributed by atoms with E-state index in [-0.39, 0.29) is 11.8 Å². The van der Waals surface area contributed by atoms with Crippen molar-refractivity contribution in [2.24, 2.45) is 13.0 Å². The first kappa shape index (κ1) is 20.5. The molecule has 1 aromatic heterocycles. The molecule has 1 saturated heterocycles. The van der Waals surface area contributed by atoms with Crippen LogP contribution in [0.3, 0.4) is 0 Å². The Hall–Kier alpha value is -2.28. The second-order valence-electron chi connectivity index (χ2n) is 7.69. The molecule has 1 fully saturated rings. The molecule has 1 aromatic carbocycles. The Bertz CT molecular complexity index is 873. The molecule has 0 aliphatic carbocycles. The van der Waals surface area contributed by atoms with Crippen LogP contribution < -0.4 is 5.32 Å². The second kappa shape index (κ2) is 7.99. The molecule has 2 heterocycles. The van der Waals surface area contributed by atoms with Crippen molar-refractivity contribution in [3.63, 3.8) is 0 Å². The van der Waals surface area contributed by atoms with E-state index in [1.165, 1.54) is 12.1 Å². The van der Waals surface area contributed by atoms with E-state index in [4.69, 9.17) is 4.74 Å². The Morgan fingerprint density at radius 1 is 1.32 bits per heavy atom. The van der Waals surface area contributed by atoms with Gasteiger partial charge in [-0.2, -0.15) is 5.10 Å². The van der Waals surface area contributed by atoms with Crippen LogP contribution in [0.1, 0.15) is 42.3 Å². The van der Waals surface area contributed by atoms with Gasteiger partial charge in [0.2, 0.25) is 5.91 Å². The van der Waals surface area contributed by atoms with Crippen LogP contribution in [-0.2, 0) is 28.5 Å². The van der Waals surface area contributed by atoms with Crippen LogP contribution >= 0.6 is 0 Å². The van der Waals surface area contributed by atoms with Gasteiger partial charge in [0.15, 0.2) is 0 Å². The van der Waals surface area contributed by atoms with Gasteiger partial charge in [-0.3, -0.25) is 9.48 Å². The van der Waals surface area contributed by atoms with Gasteiger partial charge < -0.3 is 10.1 Å². The van der Waals surface area contributed by atoms with E-state index < -0.39 is 17.2 Å². The van der Waals surface area contributed by atoms with Gasteiger partial charge in [0, 0.05) is 43.5 Å². The van der Waals surface area contributed by atoms with E-state index >= 15 is 0 Å². The number of nitrogens with one attached hydrogen (secondary N) is 1. The molecule has 0 bridgehead atoms. The minimum atomic E-state index is -0.888. The Morgan fingerprint density at radius 2 is 2.00 bits per heavy atom. The Morgan fingerprint density at radius 3 is 2.57 bits per heavy atom. The minimum absolute atomic E-state index is 0.159. The number of benzene rings is 1. The van der Waals surface area contributed by atoms with Crippen molar-refractivity contribution in [2.45, 2.75) is 45.6 Å². The van der Waals surface area contributed by atoms with Crippen molar-refractivity contribution in [3.8, 4) is 0 Å². The molecule has 152 valence electrons. The molecule has 1 atom stereocenters. The smallest absolute Gasteiger partial charge is 0.223 e. The molecule has 5 nitrogen and oxygen atoms in total. The summed E-state index contributed by atoms with van der Waals surface area (Å²) in [6.07, 6.45) is 1.44. The first-order chi connectivity index (χ1) is 13.2. The zero-order chi connectivity index (χ0) is 20.5. The number of halogens is 2. The lowest BCUT2D eigenvalue weighted by molar-refractivity contribution is -0.128. The van der Waals surface area contributed by atoms with E-state index in [0.717, 1.165) is 23.0 Å². The summed E-state index contributed by atoms with van der Waals surface area (Å²) in [5.41, 5.74) is 2.42. The third kappa shape index (κ3) is 3.94. The predicted molar refractivity (Wildman–Crippen MR) is 102 cm³/mol. The zero-order valence-electron chi connectivity index (χ0n) is 16.8. The molecule has 0 saturated carbocycles. The number of carbonyl (C=O) groups excluding carboxylic acids is 1. The third-order valence-electron chi connectivity index (χ3n) is 5.77. The maximum atomic E-state index is 14.5. The van der Waals surface area contributed by atoms with Gasteiger partial charge in [-0.1, -0.05) is 13.0 Å². The van der Waals surface area contributed by atoms with E-state index in [0.29, 0.717) is 38.0 Å². The topological polar surface area (TPSA) is 56.2 Å². The summed E-state index contributed by atoms with van der Waals surface area (Å²) in [4.78, 5) is 13.0. The molecule has 28 heavy (non-hydrogen) atoms. The van der Waals surface area contributed by atoms with Crippen LogP contribution in [0.2, 0.25) is 0 Å². The summed E-state index contributed by atoms with van der Waals surface area (Å²) in [6.45, 7) is 6.59. The van der Waals surface area contributed by atoms with Crippen molar-refractivity contribution in [1.82, 2.24) is 15.1 Å². The fourth-order valence-electron chi connectivity index (χ4n) is 3.93. The van der Waals surface area contributed by atoms with Gasteiger partial charge in [0.1, 0.15) is 11.6 Å². The number of amides is 1. The molecule has 1 amide bonds. The second-order valence-corrected chi connectivity index (χ2v) is 7.69. The molecule has 0 spiro atoms. The highest BCUT2D eigenvalue weighted by Gasteiger charge is 2.39. The molecule has 7 heteroatoms. The Labute approximate surface area is 164 Å². The Kier molecular flexibility index (Phi) is 5.84. The summed E-state index contributed by atoms with van der Waals surface area (Å²) in [5, 5.41) is 7.47. The van der Waals surface area contributed by atoms with E-state index in [9.17, 15) is 13.6 Å². The zero-order valence-corrected chi connectivity index (χ0v) is 16.8. The molecule has 1 aliphatic heterocycles. The molecule has 1 aliphatic rings. The number of nitrogens with zero attached hydrogens (tertiary/aromatic N) is 2. The van der Waals surface area contributed by atoms with Crippen LogP contribution in [0.5, 0.6) is 0 Å². The predicted octanol–water partition coefficient (Wildman–Crippen LogP) is 3.32. The maximum Gasteiger partial charge on any atom is 0.223 e. The van der Waals surface area contributed by atoms with Crippen LogP contribution in [0.25, 0.3) is 0 Å². The van der Waals surface area contributed by atoms with Crippen molar-refractivity contribution in [3.05, 3.63) is 52.3 Å². The highest BCUT2D eigenvalue weighted by Crippen LogP contribution is 2.34. The molecule has 1 unspecified atom stereocenters. The summed E-state index contributed by atoms with van der Waals surface area (Å²) < 4.78 is 35.2. The highest BCUT2D eigenvalue weighted by molar-refractivity contribution is 5.79. The molecular formula is C21H27F2N3O2. The summed E-state index contributed by atoms with van der Waals surface area (Å²) in [6, 6.07) is 3.52. The van der Waals surface area contributed by atoms with Crippen molar-refractivity contribution in [2.75, 3.05) is 13.2 Å². The number of rotatable bonds is 5. The number of hydrogen-bond acceptors (Lipinski definition) is 3. The van der Waals surface area contributed by atoms with Crippen LogP contribution in [0.15, 0.2) is 18.2 Å². The van der Waals surface area contributed by atoms with E-state index in [2.05, 4.69) is 10.4 Å². The van der Waals surface area contributed by atoms with Crippen LogP contribution in [0.4, 0.5) is 8.78 Å². The van der Waals surface area contributed by atoms with Crippen LogP contribution in [0, 0.1) is 31.4 Å². The molecule has 2 aromatic rings. The maximum absolute atomic E-state index is 14.5. The quantitative estimate of drug-likeness (QED) is 0.851. The number of aryl methyl sites for hydroxylation is 2. The normalized spacial score (nSPS) is 17.4. The lowest BCUT2D eigenvalue weighted by Gasteiger charge is -2.39. The molecule has 1 N–H and O–H groups in total. The van der Waals surface area contributed by atoms with Gasteiger partial charge in [-0.15, -0.1) is 0 Å². The average Bonchev–Trinajstić information content (AvgIpc) is 2.88. The summed E-state index contributed by atoms with van der Waals surface area (Å²) in [5.74, 6) is -1.75. The van der Waals surface area contributed by atoms with E-state index in [1.54, 1.807) is 0 Å². The van der Waals surface area contributed by atoms with Gasteiger partial charge in [0.25, 0.3) is 0 Å². The number of carbonyl (C=O) groups is 1. The van der Waals surface area contributed by atoms with Gasteiger partial charge in [0.05, 0.1) is 11.2 Å². The van der Waals surface area contributed by atoms with Gasteiger partial charge in [-0.25, -0.2) is 8.78 Å². The van der Waals surface area contributed by atoms with Crippen molar-refractivity contribution >= 4 is 5.91 Å². The van der Waals surface area contributed by atoms with Crippen molar-refractivity contribution < 1.29 is 18.3 Å². The van der Waals surface area contributed by atoms with Crippen LogP contribution in [-0.4, -0.2) is 28.9 Å². The largest absolute Gasteiger partial charge is 0.381 e. The number of hydrogen-bond donors (Lipinski definition) is 1. The van der Waals surface area contributed by atoms with Crippen molar-refractivity contribution in [1.29, 1.82) is 0 Å². The minimum Gasteiger partial charge on any atom is -0.381 e. The third-order valence-corrected chi connectivity index (χ3v) is 5.77.